The zero-order valence-electron chi connectivity index (χ0n) is 13.6. The van der Waals surface area contributed by atoms with E-state index in [-0.39, 0.29) is 41.5 Å². The number of carbonyl (C=O) groups is 2. The number of hydrogen-bond acceptors (Lipinski definition) is 4. The predicted octanol–water partition coefficient (Wildman–Crippen LogP) is 1.26. The molecule has 0 bridgehead atoms. The summed E-state index contributed by atoms with van der Waals surface area (Å²) >= 11 is 0. The molecule has 0 radical (unpaired) electrons. The summed E-state index contributed by atoms with van der Waals surface area (Å²) in [6, 6.07) is 0. The molecule has 1 rings (SSSR count). The van der Waals surface area contributed by atoms with E-state index in [1.807, 2.05) is 20.8 Å². The Morgan fingerprint density at radius 2 is 2.00 bits per heavy atom. The molecule has 7 heteroatoms. The molecule has 2 amide bonds. The van der Waals surface area contributed by atoms with Crippen LogP contribution in [0.3, 0.4) is 0 Å². The molecule has 22 heavy (non-hydrogen) atoms. The second-order valence-electron chi connectivity index (χ2n) is 7.05. The fourth-order valence-corrected chi connectivity index (χ4v) is 3.06. The van der Waals surface area contributed by atoms with Crippen LogP contribution in [0, 0.1) is 22.0 Å². The van der Waals surface area contributed by atoms with Crippen molar-refractivity contribution in [3.63, 3.8) is 0 Å². The van der Waals surface area contributed by atoms with Gasteiger partial charge in [0.1, 0.15) is 5.54 Å². The number of rotatable bonds is 5. The fraction of sp³-hybridized carbons (Fsp3) is 0.733. The second-order valence-corrected chi connectivity index (χ2v) is 7.05. The van der Waals surface area contributed by atoms with Crippen LogP contribution in [0.2, 0.25) is 0 Å². The lowest BCUT2D eigenvalue weighted by atomic mass is 9.92. The van der Waals surface area contributed by atoms with Crippen LogP contribution in [0.4, 0.5) is 0 Å². The molecule has 1 aliphatic rings. The van der Waals surface area contributed by atoms with E-state index in [0.29, 0.717) is 6.42 Å². The van der Waals surface area contributed by atoms with Crippen molar-refractivity contribution in [1.29, 1.82) is 0 Å². The second kappa shape index (κ2) is 6.46. The zero-order valence-corrected chi connectivity index (χ0v) is 13.6. The fourth-order valence-electron chi connectivity index (χ4n) is 3.06. The maximum atomic E-state index is 12.7. The van der Waals surface area contributed by atoms with Crippen LogP contribution in [-0.2, 0) is 9.59 Å². The van der Waals surface area contributed by atoms with Gasteiger partial charge < -0.3 is 10.6 Å². The normalized spacial score (nSPS) is 28.0. The van der Waals surface area contributed by atoms with Crippen molar-refractivity contribution >= 4 is 11.8 Å². The third-order valence-electron chi connectivity index (χ3n) is 3.83. The molecule has 0 saturated heterocycles. The average molecular weight is 311 g/mol. The van der Waals surface area contributed by atoms with Gasteiger partial charge in [0, 0.05) is 23.3 Å². The van der Waals surface area contributed by atoms with Crippen LogP contribution in [0.5, 0.6) is 0 Å². The molecule has 3 atom stereocenters. The molecule has 1 fully saturated rings. The van der Waals surface area contributed by atoms with E-state index in [9.17, 15) is 19.7 Å². The van der Waals surface area contributed by atoms with Crippen molar-refractivity contribution in [2.45, 2.75) is 51.6 Å². The Hall–Kier alpha value is -1.92. The number of carbonyl (C=O) groups excluding carboxylic acids is 2. The zero-order chi connectivity index (χ0) is 17.1. The molecular formula is C15H25N3O4. The van der Waals surface area contributed by atoms with Crippen LogP contribution in [0.1, 0.15) is 40.5 Å². The molecule has 124 valence electrons. The molecule has 0 heterocycles. The monoisotopic (exact) mass is 311 g/mol. The summed E-state index contributed by atoms with van der Waals surface area (Å²) in [4.78, 5) is 34.7. The van der Waals surface area contributed by atoms with Gasteiger partial charge in [-0.25, -0.2) is 0 Å². The maximum absolute atomic E-state index is 12.7. The summed E-state index contributed by atoms with van der Waals surface area (Å²) in [6.07, 6.45) is 2.21. The standard InChI is InChI=1S/C15H25N3O4/c1-6-11-7-15(16-10(2)19,8-12(11)9-18(21)22)13(20)17-14(3,4)5/h6,11-12H,1,7-9H2,2-5H3,(H,16,19)(H,17,20)/t11-,12+,15-/m0/s1. The molecule has 2 N–H and O–H groups in total. The van der Waals surface area contributed by atoms with E-state index in [1.54, 1.807) is 6.08 Å². The van der Waals surface area contributed by atoms with Crippen molar-refractivity contribution in [2.24, 2.45) is 11.8 Å². The number of amides is 2. The third-order valence-corrected chi connectivity index (χ3v) is 3.83. The Morgan fingerprint density at radius 3 is 2.41 bits per heavy atom. The molecule has 0 unspecified atom stereocenters. The smallest absolute Gasteiger partial charge is 0.246 e. The van der Waals surface area contributed by atoms with E-state index < -0.39 is 11.1 Å². The molecular weight excluding hydrogens is 286 g/mol. The Kier molecular flexibility index (Phi) is 5.32. The summed E-state index contributed by atoms with van der Waals surface area (Å²) in [5, 5.41) is 16.4. The first-order valence-corrected chi connectivity index (χ1v) is 7.35. The van der Waals surface area contributed by atoms with E-state index in [0.717, 1.165) is 0 Å². The summed E-state index contributed by atoms with van der Waals surface area (Å²) in [5.74, 6) is -1.12. The van der Waals surface area contributed by atoms with Gasteiger partial charge in [-0.3, -0.25) is 19.7 Å². The van der Waals surface area contributed by atoms with Gasteiger partial charge in [-0.2, -0.15) is 0 Å². The first kappa shape index (κ1) is 18.1. The summed E-state index contributed by atoms with van der Waals surface area (Å²) in [6.45, 7) is 10.4. The van der Waals surface area contributed by atoms with E-state index in [2.05, 4.69) is 17.2 Å². The Labute approximate surface area is 130 Å². The molecule has 1 saturated carbocycles. The highest BCUT2D eigenvalue weighted by Gasteiger charge is 2.51. The summed E-state index contributed by atoms with van der Waals surface area (Å²) in [7, 11) is 0. The lowest BCUT2D eigenvalue weighted by molar-refractivity contribution is -0.489. The van der Waals surface area contributed by atoms with Gasteiger partial charge in [0.15, 0.2) is 0 Å². The van der Waals surface area contributed by atoms with Gasteiger partial charge in [-0.05, 0) is 39.5 Å². The highest BCUT2D eigenvalue weighted by Crippen LogP contribution is 2.40. The van der Waals surface area contributed by atoms with Crippen LogP contribution >= 0.6 is 0 Å². The SMILES string of the molecule is C=C[C@H]1C[C@@](NC(C)=O)(C(=O)NC(C)(C)C)C[C@@H]1C[N+](=O)[O-]. The van der Waals surface area contributed by atoms with E-state index in [1.165, 1.54) is 6.92 Å². The quantitative estimate of drug-likeness (QED) is 0.453. The number of hydrogen-bond donors (Lipinski definition) is 2. The van der Waals surface area contributed by atoms with Crippen LogP contribution in [0.15, 0.2) is 12.7 Å². The Balaban J connectivity index is 3.07. The van der Waals surface area contributed by atoms with Crippen molar-refractivity contribution < 1.29 is 14.5 Å². The highest BCUT2D eigenvalue weighted by atomic mass is 16.6. The van der Waals surface area contributed by atoms with E-state index >= 15 is 0 Å². The van der Waals surface area contributed by atoms with Gasteiger partial charge in [0.2, 0.25) is 18.4 Å². The lowest BCUT2D eigenvalue weighted by Crippen LogP contribution is -2.60. The van der Waals surface area contributed by atoms with Crippen molar-refractivity contribution in [3.8, 4) is 0 Å². The predicted molar refractivity (Wildman–Crippen MR) is 82.7 cm³/mol. The molecule has 0 aromatic carbocycles. The number of nitrogens with one attached hydrogen (secondary N) is 2. The Bertz CT molecular complexity index is 484. The number of allylic oxidation sites excluding steroid dienone is 1. The van der Waals surface area contributed by atoms with Gasteiger partial charge in [0.05, 0.1) is 0 Å². The van der Waals surface area contributed by atoms with Crippen molar-refractivity contribution in [1.82, 2.24) is 10.6 Å². The molecule has 0 aromatic heterocycles. The molecule has 0 aromatic rings. The maximum Gasteiger partial charge on any atom is 0.246 e. The topological polar surface area (TPSA) is 101 Å². The van der Waals surface area contributed by atoms with Gasteiger partial charge >= 0.3 is 0 Å². The van der Waals surface area contributed by atoms with Crippen LogP contribution < -0.4 is 10.6 Å². The molecule has 0 aliphatic heterocycles. The number of nitro groups is 1. The molecule has 7 nitrogen and oxygen atoms in total. The number of nitrogens with zero attached hydrogens (tertiary/aromatic N) is 1. The first-order valence-electron chi connectivity index (χ1n) is 7.35. The minimum absolute atomic E-state index is 0.178. The summed E-state index contributed by atoms with van der Waals surface area (Å²) in [5.41, 5.74) is -1.56. The molecule has 1 aliphatic carbocycles. The minimum Gasteiger partial charge on any atom is -0.349 e. The van der Waals surface area contributed by atoms with Gasteiger partial charge in [-0.1, -0.05) is 6.08 Å². The van der Waals surface area contributed by atoms with Crippen molar-refractivity contribution in [2.75, 3.05) is 6.54 Å². The van der Waals surface area contributed by atoms with E-state index in [4.69, 9.17) is 0 Å². The van der Waals surface area contributed by atoms with Crippen LogP contribution in [-0.4, -0.2) is 34.4 Å². The van der Waals surface area contributed by atoms with Crippen molar-refractivity contribution in [3.05, 3.63) is 22.8 Å². The highest BCUT2D eigenvalue weighted by molar-refractivity contribution is 5.91. The lowest BCUT2D eigenvalue weighted by Gasteiger charge is -2.33. The average Bonchev–Trinajstić information content (AvgIpc) is 2.64. The summed E-state index contributed by atoms with van der Waals surface area (Å²) < 4.78 is 0. The molecule has 0 spiro atoms. The van der Waals surface area contributed by atoms with Gasteiger partial charge in [0.25, 0.3) is 0 Å². The minimum atomic E-state index is -1.11. The van der Waals surface area contributed by atoms with Crippen LogP contribution in [0.25, 0.3) is 0 Å². The third kappa shape index (κ3) is 4.54. The first-order chi connectivity index (χ1) is 9.99. The Morgan fingerprint density at radius 1 is 1.41 bits per heavy atom. The van der Waals surface area contributed by atoms with Gasteiger partial charge in [-0.15, -0.1) is 6.58 Å². The largest absolute Gasteiger partial charge is 0.349 e.